The molecule has 0 amide bonds. The van der Waals surface area contributed by atoms with Crippen LogP contribution in [0.1, 0.15) is 48.2 Å². The summed E-state index contributed by atoms with van der Waals surface area (Å²) in [5.74, 6) is -0.0969. The summed E-state index contributed by atoms with van der Waals surface area (Å²) < 4.78 is 5.90. The van der Waals surface area contributed by atoms with E-state index in [2.05, 4.69) is 48.9 Å². The van der Waals surface area contributed by atoms with Crippen molar-refractivity contribution >= 4 is 34.3 Å². The summed E-state index contributed by atoms with van der Waals surface area (Å²) in [6.07, 6.45) is 2.20. The highest BCUT2D eigenvalue weighted by Crippen LogP contribution is 2.35. The lowest BCUT2D eigenvalue weighted by atomic mass is 10.0. The number of anilines is 1. The van der Waals surface area contributed by atoms with Crippen molar-refractivity contribution in [3.8, 4) is 22.9 Å². The first-order valence-corrected chi connectivity index (χ1v) is 12.3. The Morgan fingerprint density at radius 1 is 1.03 bits per heavy atom. The quantitative estimate of drug-likeness (QED) is 0.252. The molecule has 0 fully saturated rings. The van der Waals surface area contributed by atoms with Crippen molar-refractivity contribution in [1.29, 1.82) is 0 Å². The van der Waals surface area contributed by atoms with Gasteiger partial charge in [0.1, 0.15) is 5.75 Å². The van der Waals surface area contributed by atoms with Crippen molar-refractivity contribution in [2.75, 3.05) is 18.0 Å². The fourth-order valence-electron chi connectivity index (χ4n) is 4.29. The molecule has 0 aliphatic rings. The van der Waals surface area contributed by atoms with Gasteiger partial charge in [-0.25, -0.2) is 9.78 Å². The average Bonchev–Trinajstić information content (AvgIpc) is 3.20. The number of aryl methyl sites for hydroxylation is 2. The van der Waals surface area contributed by atoms with Gasteiger partial charge in [-0.1, -0.05) is 37.6 Å². The molecule has 182 valence electrons. The number of carbonyl (C=O) groups is 1. The number of rotatable bonds is 9. The minimum absolute atomic E-state index is 0.206. The van der Waals surface area contributed by atoms with Crippen LogP contribution in [0.25, 0.3) is 22.3 Å². The van der Waals surface area contributed by atoms with Crippen molar-refractivity contribution in [3.63, 3.8) is 0 Å². The number of ether oxygens (including phenoxy) is 1. The Labute approximate surface area is 210 Å². The first-order chi connectivity index (χ1) is 16.8. The number of carboxylic acids is 1. The van der Waals surface area contributed by atoms with Crippen molar-refractivity contribution < 1.29 is 14.6 Å². The summed E-state index contributed by atoms with van der Waals surface area (Å²) in [6.45, 7) is 10.3. The lowest BCUT2D eigenvalue weighted by Gasteiger charge is -2.24. The van der Waals surface area contributed by atoms with Gasteiger partial charge in [0, 0.05) is 30.4 Å². The Balaban J connectivity index is 1.65. The highest BCUT2D eigenvalue weighted by molar-refractivity contribution is 6.33. The molecular formula is C28H30ClN3O3. The zero-order valence-corrected chi connectivity index (χ0v) is 21.2. The van der Waals surface area contributed by atoms with Crippen LogP contribution >= 0.6 is 11.6 Å². The van der Waals surface area contributed by atoms with Crippen LogP contribution in [0.15, 0.2) is 48.5 Å². The topological polar surface area (TPSA) is 78.5 Å². The second-order valence-corrected chi connectivity index (χ2v) is 9.16. The number of nitrogens with one attached hydrogen (secondary N) is 1. The molecule has 0 aliphatic carbocycles. The number of hydrogen-bond acceptors (Lipinski definition) is 4. The minimum Gasteiger partial charge on any atom is -0.478 e. The van der Waals surface area contributed by atoms with Gasteiger partial charge < -0.3 is 19.7 Å². The number of pyridine rings is 1. The van der Waals surface area contributed by atoms with E-state index in [0.29, 0.717) is 27.7 Å². The Bertz CT molecular complexity index is 1370. The molecule has 4 aromatic rings. The summed E-state index contributed by atoms with van der Waals surface area (Å²) in [6, 6.07) is 15.0. The fraction of sp³-hybridized carbons (Fsp3) is 0.286. The van der Waals surface area contributed by atoms with Crippen LogP contribution in [0.2, 0.25) is 5.02 Å². The lowest BCUT2D eigenvalue weighted by Crippen LogP contribution is -2.24. The fourth-order valence-corrected chi connectivity index (χ4v) is 4.55. The Morgan fingerprint density at radius 2 is 1.77 bits per heavy atom. The van der Waals surface area contributed by atoms with Crippen molar-refractivity contribution in [2.24, 2.45) is 0 Å². The highest BCUT2D eigenvalue weighted by atomic mass is 35.5. The molecule has 2 heterocycles. The zero-order valence-electron chi connectivity index (χ0n) is 20.5. The number of aromatic amines is 1. The summed E-state index contributed by atoms with van der Waals surface area (Å²) >= 11 is 6.66. The lowest BCUT2D eigenvalue weighted by molar-refractivity contribution is 0.0695. The van der Waals surface area contributed by atoms with Crippen molar-refractivity contribution in [3.05, 3.63) is 70.2 Å². The smallest absolute Gasteiger partial charge is 0.336 e. The molecule has 0 bridgehead atoms. The third kappa shape index (κ3) is 5.28. The number of halogens is 1. The molecule has 6 nitrogen and oxygen atoms in total. The van der Waals surface area contributed by atoms with Crippen LogP contribution in [-0.4, -0.2) is 34.1 Å². The zero-order chi connectivity index (χ0) is 25.1. The first-order valence-electron chi connectivity index (χ1n) is 11.9. The maximum absolute atomic E-state index is 11.4. The van der Waals surface area contributed by atoms with E-state index in [-0.39, 0.29) is 5.56 Å². The Kier molecular flexibility index (Phi) is 7.31. The van der Waals surface area contributed by atoms with Gasteiger partial charge in [0.15, 0.2) is 5.88 Å². The standard InChI is InChI=1S/C28H30ClN3O3/c1-5-11-32(12-6-2)19-8-10-21(18(4)13-19)27-23(29)15-24-25(31-27)16-26(30-24)35-20-9-7-17(3)22(14-20)28(33)34/h7-10,13-16,30H,5-6,11-12H2,1-4H3,(H,33,34). The number of hydrogen-bond donors (Lipinski definition) is 2. The van der Waals surface area contributed by atoms with Crippen LogP contribution in [0.3, 0.4) is 0 Å². The van der Waals surface area contributed by atoms with Crippen LogP contribution < -0.4 is 9.64 Å². The number of nitrogens with zero attached hydrogens (tertiary/aromatic N) is 2. The maximum Gasteiger partial charge on any atom is 0.336 e. The molecule has 4 rings (SSSR count). The maximum atomic E-state index is 11.4. The van der Waals surface area contributed by atoms with E-state index in [1.165, 1.54) is 11.8 Å². The van der Waals surface area contributed by atoms with E-state index in [4.69, 9.17) is 21.3 Å². The molecule has 0 radical (unpaired) electrons. The molecule has 2 aromatic carbocycles. The largest absolute Gasteiger partial charge is 0.478 e. The monoisotopic (exact) mass is 491 g/mol. The minimum atomic E-state index is -0.989. The number of H-pyrrole nitrogens is 1. The molecule has 0 saturated carbocycles. The number of fused-ring (bicyclic) bond motifs is 1. The SMILES string of the molecule is CCCN(CCC)c1ccc(-c2nc3cc(Oc4ccc(C)c(C(=O)O)c4)[nH]c3cc2Cl)c(C)c1. The van der Waals surface area contributed by atoms with E-state index in [1.54, 1.807) is 25.1 Å². The molecule has 35 heavy (non-hydrogen) atoms. The third-order valence-corrected chi connectivity index (χ3v) is 6.30. The van der Waals surface area contributed by atoms with Crippen LogP contribution in [0, 0.1) is 13.8 Å². The van der Waals surface area contributed by atoms with Gasteiger partial charge in [-0.3, -0.25) is 0 Å². The second-order valence-electron chi connectivity index (χ2n) is 8.76. The molecule has 0 aliphatic heterocycles. The first kappa shape index (κ1) is 24.6. The van der Waals surface area contributed by atoms with Crippen LogP contribution in [0.5, 0.6) is 11.6 Å². The van der Waals surface area contributed by atoms with Gasteiger partial charge in [-0.15, -0.1) is 0 Å². The Morgan fingerprint density at radius 3 is 2.43 bits per heavy atom. The normalized spacial score (nSPS) is 11.1. The van der Waals surface area contributed by atoms with Gasteiger partial charge in [-0.2, -0.15) is 0 Å². The Hall–Kier alpha value is -3.51. The summed E-state index contributed by atoms with van der Waals surface area (Å²) in [7, 11) is 0. The van der Waals surface area contributed by atoms with E-state index < -0.39 is 5.97 Å². The number of aromatic nitrogens is 2. The van der Waals surface area contributed by atoms with Gasteiger partial charge >= 0.3 is 5.97 Å². The number of carboxylic acid groups (broad SMARTS) is 1. The van der Waals surface area contributed by atoms with E-state index in [0.717, 1.165) is 48.3 Å². The molecule has 0 spiro atoms. The predicted octanol–water partition coefficient (Wildman–Crippen LogP) is 7.62. The van der Waals surface area contributed by atoms with Crippen molar-refractivity contribution in [1.82, 2.24) is 9.97 Å². The third-order valence-electron chi connectivity index (χ3n) is 6.02. The summed E-state index contributed by atoms with van der Waals surface area (Å²) in [5.41, 5.74) is 6.37. The molecule has 0 atom stereocenters. The van der Waals surface area contributed by atoms with E-state index in [9.17, 15) is 9.90 Å². The van der Waals surface area contributed by atoms with E-state index >= 15 is 0 Å². The summed E-state index contributed by atoms with van der Waals surface area (Å²) in [5, 5.41) is 9.92. The van der Waals surface area contributed by atoms with Gasteiger partial charge in [0.05, 0.1) is 27.3 Å². The van der Waals surface area contributed by atoms with Crippen LogP contribution in [-0.2, 0) is 0 Å². The number of aromatic carboxylic acids is 1. The second kappa shape index (κ2) is 10.4. The van der Waals surface area contributed by atoms with Gasteiger partial charge in [-0.05, 0) is 68.1 Å². The van der Waals surface area contributed by atoms with Gasteiger partial charge in [0.2, 0.25) is 0 Å². The molecule has 2 aromatic heterocycles. The molecular weight excluding hydrogens is 462 g/mol. The summed E-state index contributed by atoms with van der Waals surface area (Å²) in [4.78, 5) is 21.8. The van der Waals surface area contributed by atoms with Gasteiger partial charge in [0.25, 0.3) is 0 Å². The van der Waals surface area contributed by atoms with Crippen molar-refractivity contribution in [2.45, 2.75) is 40.5 Å². The van der Waals surface area contributed by atoms with Crippen LogP contribution in [0.4, 0.5) is 5.69 Å². The molecule has 0 saturated heterocycles. The molecule has 0 unspecified atom stereocenters. The molecule has 7 heteroatoms. The molecule has 2 N–H and O–H groups in total. The van der Waals surface area contributed by atoms with E-state index in [1.807, 2.05) is 6.07 Å². The average molecular weight is 492 g/mol. The number of benzene rings is 2. The highest BCUT2D eigenvalue weighted by Gasteiger charge is 2.15. The predicted molar refractivity (Wildman–Crippen MR) is 142 cm³/mol.